The summed E-state index contributed by atoms with van der Waals surface area (Å²) in [7, 11) is 0. The van der Waals surface area contributed by atoms with Crippen molar-refractivity contribution in [2.45, 2.75) is 81.1 Å². The number of nitrogens with one attached hydrogen (secondary N) is 1. The summed E-state index contributed by atoms with van der Waals surface area (Å²) >= 11 is 0. The Labute approximate surface area is 190 Å². The van der Waals surface area contributed by atoms with Gasteiger partial charge in [-0.2, -0.15) is 0 Å². The predicted molar refractivity (Wildman–Crippen MR) is 139 cm³/mol. The van der Waals surface area contributed by atoms with Crippen molar-refractivity contribution in [3.8, 4) is 0 Å². The molecular weight excluding hydrogens is 376 g/mol. The van der Waals surface area contributed by atoms with Crippen molar-refractivity contribution in [2.75, 3.05) is 5.32 Å². The lowest BCUT2D eigenvalue weighted by Gasteiger charge is -2.17. The highest BCUT2D eigenvalue weighted by atomic mass is 14.9. The highest BCUT2D eigenvalue weighted by molar-refractivity contribution is 5.96. The molecule has 0 heterocycles. The van der Waals surface area contributed by atoms with Crippen LogP contribution in [0.25, 0.3) is 0 Å². The summed E-state index contributed by atoms with van der Waals surface area (Å²) < 4.78 is 0. The lowest BCUT2D eigenvalue weighted by Crippen LogP contribution is -2.06. The number of nitrogens with zero attached hydrogens (tertiary/aromatic N) is 1. The quantitative estimate of drug-likeness (QED) is 0.405. The van der Waals surface area contributed by atoms with E-state index in [-0.39, 0.29) is 0 Å². The largest absolute Gasteiger partial charge is 0.359 e. The van der Waals surface area contributed by atoms with E-state index in [2.05, 4.69) is 110 Å². The van der Waals surface area contributed by atoms with Crippen molar-refractivity contribution < 1.29 is 0 Å². The Kier molecular flexibility index (Phi) is 9.10. The number of hydrogen-bond acceptors (Lipinski definition) is 2. The van der Waals surface area contributed by atoms with Gasteiger partial charge in [0.15, 0.2) is 0 Å². The zero-order valence-corrected chi connectivity index (χ0v) is 21.1. The molecule has 0 aliphatic heterocycles. The Morgan fingerprint density at radius 1 is 0.871 bits per heavy atom. The van der Waals surface area contributed by atoms with E-state index in [1.807, 2.05) is 0 Å². The number of anilines is 1. The van der Waals surface area contributed by atoms with Crippen LogP contribution < -0.4 is 5.32 Å². The first-order chi connectivity index (χ1) is 14.6. The van der Waals surface area contributed by atoms with Crippen LogP contribution in [0.15, 0.2) is 53.2 Å². The maximum Gasteiger partial charge on any atom is 0.0699 e. The molecule has 0 amide bonds. The van der Waals surface area contributed by atoms with Gasteiger partial charge in [-0.1, -0.05) is 77.9 Å². The van der Waals surface area contributed by atoms with E-state index in [0.29, 0.717) is 17.8 Å². The number of hydrogen-bond donors (Lipinski definition) is 1. The van der Waals surface area contributed by atoms with Gasteiger partial charge >= 0.3 is 0 Å². The average molecular weight is 419 g/mol. The van der Waals surface area contributed by atoms with Gasteiger partial charge in [0.05, 0.1) is 5.69 Å². The lowest BCUT2D eigenvalue weighted by atomic mass is 9.93. The van der Waals surface area contributed by atoms with Crippen molar-refractivity contribution in [3.63, 3.8) is 0 Å². The molecule has 0 aliphatic rings. The molecule has 0 atom stereocenters. The van der Waals surface area contributed by atoms with Gasteiger partial charge in [-0.25, -0.2) is 0 Å². The molecule has 2 rings (SSSR count). The van der Waals surface area contributed by atoms with Crippen LogP contribution in [0, 0.1) is 18.8 Å². The van der Waals surface area contributed by atoms with Gasteiger partial charge in [0, 0.05) is 17.1 Å². The minimum Gasteiger partial charge on any atom is -0.359 e. The van der Waals surface area contributed by atoms with E-state index in [4.69, 9.17) is 4.99 Å². The molecule has 2 nitrogen and oxygen atoms in total. The molecule has 2 aromatic carbocycles. The number of aliphatic imine (C=N–C) groups is 1. The second-order valence-electron chi connectivity index (χ2n) is 10.0. The van der Waals surface area contributed by atoms with Crippen LogP contribution in [-0.4, -0.2) is 5.71 Å². The zero-order chi connectivity index (χ0) is 23.1. The summed E-state index contributed by atoms with van der Waals surface area (Å²) in [5, 5.41) is 3.67. The molecule has 0 bridgehead atoms. The van der Waals surface area contributed by atoms with Crippen LogP contribution >= 0.6 is 0 Å². The van der Waals surface area contributed by atoms with Crippen LogP contribution in [0.2, 0.25) is 0 Å². The number of allylic oxidation sites excluding steroid dienone is 2. The van der Waals surface area contributed by atoms with E-state index in [9.17, 15) is 0 Å². The highest BCUT2D eigenvalue weighted by Crippen LogP contribution is 2.32. The van der Waals surface area contributed by atoms with Crippen molar-refractivity contribution in [1.82, 2.24) is 0 Å². The number of aryl methyl sites for hydroxylation is 1. The first kappa shape index (κ1) is 24.9. The van der Waals surface area contributed by atoms with E-state index >= 15 is 0 Å². The fourth-order valence-corrected chi connectivity index (χ4v) is 4.09. The second-order valence-corrected chi connectivity index (χ2v) is 10.0. The molecule has 0 saturated carbocycles. The van der Waals surface area contributed by atoms with Crippen LogP contribution in [0.1, 0.15) is 83.6 Å². The molecule has 2 aromatic rings. The summed E-state index contributed by atoms with van der Waals surface area (Å²) in [4.78, 5) is 5.11. The maximum atomic E-state index is 5.11. The molecule has 0 saturated heterocycles. The third kappa shape index (κ3) is 7.38. The molecular formula is C29H42N2. The summed E-state index contributed by atoms with van der Waals surface area (Å²) in [5.41, 5.74) is 9.87. The van der Waals surface area contributed by atoms with Crippen LogP contribution in [-0.2, 0) is 12.8 Å². The lowest BCUT2D eigenvalue weighted by molar-refractivity contribution is 0.646. The fourth-order valence-electron chi connectivity index (χ4n) is 4.09. The molecule has 1 N–H and O–H groups in total. The van der Waals surface area contributed by atoms with E-state index in [1.165, 1.54) is 27.9 Å². The fraction of sp³-hybridized carbons (Fsp3) is 0.483. The Bertz CT molecular complexity index is 930. The first-order valence-corrected chi connectivity index (χ1v) is 11.8. The summed E-state index contributed by atoms with van der Waals surface area (Å²) in [5.74, 6) is 1.69. The third-order valence-corrected chi connectivity index (χ3v) is 5.42. The molecule has 0 aromatic heterocycles. The van der Waals surface area contributed by atoms with Crippen LogP contribution in [0.4, 0.5) is 11.4 Å². The highest BCUT2D eigenvalue weighted by Gasteiger charge is 2.12. The molecule has 0 spiro atoms. The van der Waals surface area contributed by atoms with E-state index in [0.717, 1.165) is 29.9 Å². The maximum absolute atomic E-state index is 5.11. The molecule has 0 aliphatic carbocycles. The monoisotopic (exact) mass is 418 g/mol. The van der Waals surface area contributed by atoms with E-state index in [1.54, 1.807) is 0 Å². The number of para-hydroxylation sites is 2. The van der Waals surface area contributed by atoms with Crippen molar-refractivity contribution in [1.29, 1.82) is 0 Å². The Balaban J connectivity index is 2.38. The summed E-state index contributed by atoms with van der Waals surface area (Å²) in [6.45, 7) is 20.0. The Morgan fingerprint density at radius 2 is 1.45 bits per heavy atom. The predicted octanol–water partition coefficient (Wildman–Crippen LogP) is 8.62. The van der Waals surface area contributed by atoms with Crippen LogP contribution in [0.3, 0.4) is 0 Å². The van der Waals surface area contributed by atoms with Gasteiger partial charge < -0.3 is 5.32 Å². The normalized spacial score (nSPS) is 12.9. The molecule has 31 heavy (non-hydrogen) atoms. The molecule has 0 radical (unpaired) electrons. The van der Waals surface area contributed by atoms with Gasteiger partial charge in [-0.15, -0.1) is 0 Å². The van der Waals surface area contributed by atoms with Gasteiger partial charge in [0.1, 0.15) is 0 Å². The van der Waals surface area contributed by atoms with Gasteiger partial charge in [0.25, 0.3) is 0 Å². The first-order valence-electron chi connectivity index (χ1n) is 11.8. The van der Waals surface area contributed by atoms with Gasteiger partial charge in [0.2, 0.25) is 0 Å². The van der Waals surface area contributed by atoms with Crippen molar-refractivity contribution in [2.24, 2.45) is 16.8 Å². The van der Waals surface area contributed by atoms with Crippen molar-refractivity contribution >= 4 is 17.1 Å². The molecule has 2 heteroatoms. The van der Waals surface area contributed by atoms with Gasteiger partial charge in [-0.05, 0) is 79.7 Å². The summed E-state index contributed by atoms with van der Waals surface area (Å²) in [6, 6.07) is 13.2. The molecule has 0 unspecified atom stereocenters. The minimum atomic E-state index is 0.451. The van der Waals surface area contributed by atoms with Gasteiger partial charge in [-0.3, -0.25) is 4.99 Å². The standard InChI is InChI=1S/C29H42N2/c1-19(2)16-25-13-10-12-22(7)28(25)30-23(8)18-24(9)31-29-26(17-20(3)4)14-11-15-27(29)21(5)6/h10-15,18-21,30H,16-17H2,1-9H3/b23-18-,31-24+. The minimum absolute atomic E-state index is 0.451. The average Bonchev–Trinajstić information content (AvgIpc) is 2.64. The number of benzene rings is 2. The van der Waals surface area contributed by atoms with Crippen LogP contribution in [0.5, 0.6) is 0 Å². The smallest absolute Gasteiger partial charge is 0.0699 e. The van der Waals surface area contributed by atoms with E-state index < -0.39 is 0 Å². The van der Waals surface area contributed by atoms with Crippen molar-refractivity contribution in [3.05, 3.63) is 70.4 Å². The SMILES string of the molecule is C/C(=C/C(C)=N/c1c(CC(C)C)cccc1C(C)C)Nc1c(C)cccc1CC(C)C. The topological polar surface area (TPSA) is 24.4 Å². The Morgan fingerprint density at radius 3 is 2.06 bits per heavy atom. The third-order valence-electron chi connectivity index (χ3n) is 5.42. The number of rotatable bonds is 9. The molecule has 168 valence electrons. The Hall–Kier alpha value is -2.35. The zero-order valence-electron chi connectivity index (χ0n) is 21.1. The summed E-state index contributed by atoms with van der Waals surface area (Å²) in [6.07, 6.45) is 4.29. The second kappa shape index (κ2) is 11.3. The molecule has 0 fully saturated rings.